The molecule has 2 heteroatoms. The molecule has 1 heterocycles. The summed E-state index contributed by atoms with van der Waals surface area (Å²) >= 11 is 0. The van der Waals surface area contributed by atoms with Gasteiger partial charge in [-0.3, -0.25) is 0 Å². The van der Waals surface area contributed by atoms with E-state index in [0.717, 1.165) is 18.6 Å². The van der Waals surface area contributed by atoms with Gasteiger partial charge >= 0.3 is 0 Å². The van der Waals surface area contributed by atoms with E-state index >= 15 is 0 Å². The summed E-state index contributed by atoms with van der Waals surface area (Å²) in [6, 6.07) is 8.80. The molecule has 0 radical (unpaired) electrons. The molecular weight excluding hydrogens is 210 g/mol. The number of aryl methyl sites for hydroxylation is 1. The van der Waals surface area contributed by atoms with Crippen molar-refractivity contribution in [1.29, 1.82) is 0 Å². The average molecular weight is 229 g/mol. The van der Waals surface area contributed by atoms with Crippen LogP contribution in [0.15, 0.2) is 29.4 Å². The van der Waals surface area contributed by atoms with Crippen molar-refractivity contribution in [3.8, 4) is 0 Å². The van der Waals surface area contributed by atoms with Crippen LogP contribution in [-0.4, -0.2) is 11.8 Å². The molecule has 0 bridgehead atoms. The smallest absolute Gasteiger partial charge is 0.138 e. The maximum Gasteiger partial charge on any atom is 0.138 e. The Morgan fingerprint density at radius 1 is 1.29 bits per heavy atom. The quantitative estimate of drug-likeness (QED) is 0.723. The minimum atomic E-state index is 0.246. The largest absolute Gasteiger partial charge is 0.392 e. The standard InChI is InChI=1S/C15H19NO/c1-11-9-14(17-16-11)15(2)8-7-12-5-3-4-6-13(12)10-15/h3-6,14H,7-10H2,1-2H3/t14-,15?/m0/s1. The number of fused-ring (bicyclic) bond motifs is 1. The lowest BCUT2D eigenvalue weighted by Gasteiger charge is -2.38. The lowest BCUT2D eigenvalue weighted by Crippen LogP contribution is -2.37. The number of rotatable bonds is 1. The first kappa shape index (κ1) is 10.8. The van der Waals surface area contributed by atoms with Gasteiger partial charge in [0, 0.05) is 11.8 Å². The summed E-state index contributed by atoms with van der Waals surface area (Å²) in [4.78, 5) is 5.61. The van der Waals surface area contributed by atoms with Crippen molar-refractivity contribution in [3.05, 3.63) is 35.4 Å². The lowest BCUT2D eigenvalue weighted by molar-refractivity contribution is -0.0174. The molecule has 1 unspecified atom stereocenters. The first-order chi connectivity index (χ1) is 8.17. The van der Waals surface area contributed by atoms with E-state index in [9.17, 15) is 0 Å². The van der Waals surface area contributed by atoms with Crippen LogP contribution in [-0.2, 0) is 17.7 Å². The molecule has 2 aliphatic rings. The zero-order valence-corrected chi connectivity index (χ0v) is 10.6. The first-order valence-corrected chi connectivity index (χ1v) is 6.43. The molecule has 0 fully saturated rings. The van der Waals surface area contributed by atoms with Gasteiger partial charge < -0.3 is 4.84 Å². The number of nitrogens with zero attached hydrogens (tertiary/aromatic N) is 1. The molecule has 1 aliphatic heterocycles. The summed E-state index contributed by atoms with van der Waals surface area (Å²) in [6.45, 7) is 4.40. The van der Waals surface area contributed by atoms with Crippen LogP contribution in [0.3, 0.4) is 0 Å². The predicted molar refractivity (Wildman–Crippen MR) is 69.2 cm³/mol. The van der Waals surface area contributed by atoms with E-state index in [1.54, 1.807) is 0 Å². The Kier molecular flexibility index (Phi) is 2.46. The highest BCUT2D eigenvalue weighted by Gasteiger charge is 2.41. The van der Waals surface area contributed by atoms with Crippen LogP contribution < -0.4 is 0 Å². The van der Waals surface area contributed by atoms with Gasteiger partial charge in [0.1, 0.15) is 6.10 Å². The third-order valence-corrected chi connectivity index (χ3v) is 4.27. The fraction of sp³-hybridized carbons (Fsp3) is 0.533. The van der Waals surface area contributed by atoms with E-state index < -0.39 is 0 Å². The Bertz CT molecular complexity index is 466. The van der Waals surface area contributed by atoms with Crippen molar-refractivity contribution >= 4 is 5.71 Å². The predicted octanol–water partition coefficient (Wildman–Crippen LogP) is 3.35. The first-order valence-electron chi connectivity index (χ1n) is 6.43. The van der Waals surface area contributed by atoms with Gasteiger partial charge in [-0.15, -0.1) is 0 Å². The molecule has 0 saturated carbocycles. The van der Waals surface area contributed by atoms with E-state index in [1.165, 1.54) is 24.0 Å². The van der Waals surface area contributed by atoms with Crippen LogP contribution in [0.25, 0.3) is 0 Å². The molecule has 0 amide bonds. The third-order valence-electron chi connectivity index (χ3n) is 4.27. The Balaban J connectivity index is 1.83. The second-order valence-electron chi connectivity index (χ2n) is 5.72. The fourth-order valence-corrected chi connectivity index (χ4v) is 3.06. The van der Waals surface area contributed by atoms with Crippen molar-refractivity contribution in [2.45, 2.75) is 45.6 Å². The Labute approximate surface area is 103 Å². The zero-order chi connectivity index (χ0) is 11.9. The second-order valence-corrected chi connectivity index (χ2v) is 5.72. The molecule has 0 N–H and O–H groups in total. The summed E-state index contributed by atoms with van der Waals surface area (Å²) in [5, 5.41) is 4.11. The minimum Gasteiger partial charge on any atom is -0.392 e. The second kappa shape index (κ2) is 3.86. The summed E-state index contributed by atoms with van der Waals surface area (Å²) in [6.07, 6.45) is 4.77. The lowest BCUT2D eigenvalue weighted by atomic mass is 9.68. The zero-order valence-electron chi connectivity index (χ0n) is 10.6. The Hall–Kier alpha value is -1.31. The van der Waals surface area contributed by atoms with Crippen molar-refractivity contribution in [1.82, 2.24) is 0 Å². The van der Waals surface area contributed by atoms with E-state index in [1.807, 2.05) is 0 Å². The monoisotopic (exact) mass is 229 g/mol. The fourth-order valence-electron chi connectivity index (χ4n) is 3.06. The Morgan fingerprint density at radius 3 is 2.76 bits per heavy atom. The van der Waals surface area contributed by atoms with Gasteiger partial charge in [-0.2, -0.15) is 0 Å². The summed E-state index contributed by atoms with van der Waals surface area (Å²) in [5.41, 5.74) is 4.39. The number of hydrogen-bond donors (Lipinski definition) is 0. The van der Waals surface area contributed by atoms with E-state index in [0.29, 0.717) is 0 Å². The van der Waals surface area contributed by atoms with E-state index in [-0.39, 0.29) is 11.5 Å². The van der Waals surface area contributed by atoms with Crippen molar-refractivity contribution in [3.63, 3.8) is 0 Å². The molecule has 1 aromatic rings. The molecule has 90 valence electrons. The molecule has 0 spiro atoms. The molecule has 2 nitrogen and oxygen atoms in total. The highest BCUT2D eigenvalue weighted by atomic mass is 16.6. The molecule has 2 atom stereocenters. The minimum absolute atomic E-state index is 0.246. The highest BCUT2D eigenvalue weighted by molar-refractivity contribution is 5.82. The highest BCUT2D eigenvalue weighted by Crippen LogP contribution is 2.41. The normalized spacial score (nSPS) is 31.6. The maximum absolute atomic E-state index is 5.61. The molecule has 0 aromatic heterocycles. The van der Waals surface area contributed by atoms with Gasteiger partial charge in [0.25, 0.3) is 0 Å². The summed E-state index contributed by atoms with van der Waals surface area (Å²) < 4.78 is 0. The van der Waals surface area contributed by atoms with Crippen molar-refractivity contribution in [2.24, 2.45) is 10.6 Å². The van der Waals surface area contributed by atoms with Crippen LogP contribution in [0.5, 0.6) is 0 Å². The Morgan fingerprint density at radius 2 is 2.06 bits per heavy atom. The molecule has 3 rings (SSSR count). The summed E-state index contributed by atoms with van der Waals surface area (Å²) in [5.74, 6) is 0. The van der Waals surface area contributed by atoms with Crippen LogP contribution in [0, 0.1) is 5.41 Å². The topological polar surface area (TPSA) is 21.6 Å². The third kappa shape index (κ3) is 1.86. The number of benzene rings is 1. The van der Waals surface area contributed by atoms with Crippen LogP contribution in [0.2, 0.25) is 0 Å². The number of oxime groups is 1. The molecule has 1 aliphatic carbocycles. The molecule has 0 saturated heterocycles. The van der Waals surface area contributed by atoms with Crippen LogP contribution in [0.4, 0.5) is 0 Å². The number of hydrogen-bond acceptors (Lipinski definition) is 2. The van der Waals surface area contributed by atoms with E-state index in [4.69, 9.17) is 4.84 Å². The molecular formula is C15H19NO. The summed E-state index contributed by atoms with van der Waals surface area (Å²) in [7, 11) is 0. The molecule has 1 aromatic carbocycles. The van der Waals surface area contributed by atoms with Crippen molar-refractivity contribution in [2.75, 3.05) is 0 Å². The van der Waals surface area contributed by atoms with Gasteiger partial charge in [-0.25, -0.2) is 0 Å². The maximum atomic E-state index is 5.61. The SMILES string of the molecule is CC1=NO[C@H](C2(C)CCc3ccccc3C2)C1. The van der Waals surface area contributed by atoms with Gasteiger partial charge in [-0.1, -0.05) is 36.3 Å². The van der Waals surface area contributed by atoms with Gasteiger partial charge in [0.05, 0.1) is 5.71 Å². The van der Waals surface area contributed by atoms with Gasteiger partial charge in [0.15, 0.2) is 0 Å². The van der Waals surface area contributed by atoms with Crippen LogP contribution in [0.1, 0.15) is 37.8 Å². The van der Waals surface area contributed by atoms with Crippen LogP contribution >= 0.6 is 0 Å². The van der Waals surface area contributed by atoms with Gasteiger partial charge in [0.2, 0.25) is 0 Å². The van der Waals surface area contributed by atoms with E-state index in [2.05, 4.69) is 43.3 Å². The van der Waals surface area contributed by atoms with Crippen molar-refractivity contribution < 1.29 is 4.84 Å². The molecule has 17 heavy (non-hydrogen) atoms. The van der Waals surface area contributed by atoms with Gasteiger partial charge in [-0.05, 0) is 37.3 Å². The average Bonchev–Trinajstić information content (AvgIpc) is 2.76.